The molecule has 2 heterocycles. The smallest absolute Gasteiger partial charge is 0.277 e. The molecule has 11 nitrogen and oxygen atoms in total. The fourth-order valence-corrected chi connectivity index (χ4v) is 2.88. The van der Waals surface area contributed by atoms with Gasteiger partial charge in [-0.2, -0.15) is 0 Å². The van der Waals surface area contributed by atoms with E-state index in [4.69, 9.17) is 0 Å². The molecular formula is C16H16N6O5. The molecule has 1 aromatic carbocycles. The minimum absolute atomic E-state index is 0.107. The highest BCUT2D eigenvalue weighted by molar-refractivity contribution is 5.95. The van der Waals surface area contributed by atoms with Crippen LogP contribution in [-0.2, 0) is 0 Å². The number of piperidine rings is 1. The maximum Gasteiger partial charge on any atom is 0.277 e. The molecule has 0 radical (unpaired) electrons. The third kappa shape index (κ3) is 4.32. The zero-order valence-electron chi connectivity index (χ0n) is 14.1. The van der Waals surface area contributed by atoms with E-state index < -0.39 is 27.1 Å². The van der Waals surface area contributed by atoms with E-state index in [0.29, 0.717) is 31.9 Å². The van der Waals surface area contributed by atoms with Gasteiger partial charge in [-0.3, -0.25) is 25.0 Å². The summed E-state index contributed by atoms with van der Waals surface area (Å²) in [4.78, 5) is 43.2. The Morgan fingerprint density at radius 1 is 1.04 bits per heavy atom. The summed E-state index contributed by atoms with van der Waals surface area (Å²) < 4.78 is 0. The molecule has 1 aromatic heterocycles. The van der Waals surface area contributed by atoms with Crippen molar-refractivity contribution in [1.82, 2.24) is 15.3 Å². The summed E-state index contributed by atoms with van der Waals surface area (Å²) in [6.07, 6.45) is 4.60. The molecule has 2 aromatic rings. The van der Waals surface area contributed by atoms with Crippen LogP contribution in [0, 0.1) is 20.2 Å². The lowest BCUT2D eigenvalue weighted by molar-refractivity contribution is -0.394. The third-order valence-electron chi connectivity index (χ3n) is 4.25. The summed E-state index contributed by atoms with van der Waals surface area (Å²) in [5.41, 5.74) is -1.10. The minimum atomic E-state index is -0.762. The third-order valence-corrected chi connectivity index (χ3v) is 4.25. The molecule has 27 heavy (non-hydrogen) atoms. The molecule has 0 saturated carbocycles. The Morgan fingerprint density at radius 3 is 2.11 bits per heavy atom. The van der Waals surface area contributed by atoms with Crippen molar-refractivity contribution in [3.8, 4) is 0 Å². The Hall–Kier alpha value is -3.63. The number of hydrogen-bond acceptors (Lipinski definition) is 8. The summed E-state index contributed by atoms with van der Waals surface area (Å²) in [6, 6.07) is 4.49. The number of rotatable bonds is 5. The second-order valence-electron chi connectivity index (χ2n) is 6.04. The van der Waals surface area contributed by atoms with Gasteiger partial charge in [-0.25, -0.2) is 9.97 Å². The summed E-state index contributed by atoms with van der Waals surface area (Å²) in [5.74, 6) is 0.0489. The van der Waals surface area contributed by atoms with Crippen LogP contribution in [0.2, 0.25) is 0 Å². The average Bonchev–Trinajstić information content (AvgIpc) is 2.68. The van der Waals surface area contributed by atoms with Crippen LogP contribution >= 0.6 is 0 Å². The fraction of sp³-hybridized carbons (Fsp3) is 0.312. The zero-order chi connectivity index (χ0) is 19.4. The Bertz CT molecular complexity index is 835. The van der Waals surface area contributed by atoms with Gasteiger partial charge in [-0.15, -0.1) is 0 Å². The van der Waals surface area contributed by atoms with Gasteiger partial charge in [0.15, 0.2) is 0 Å². The molecule has 1 aliphatic heterocycles. The van der Waals surface area contributed by atoms with Crippen molar-refractivity contribution in [2.75, 3.05) is 18.0 Å². The lowest BCUT2D eigenvalue weighted by Gasteiger charge is -2.32. The first-order valence-corrected chi connectivity index (χ1v) is 8.21. The summed E-state index contributed by atoms with van der Waals surface area (Å²) in [6.45, 7) is 1.29. The maximum absolute atomic E-state index is 12.4. The van der Waals surface area contributed by atoms with Crippen LogP contribution in [0.25, 0.3) is 0 Å². The number of carbonyl (C=O) groups is 1. The van der Waals surface area contributed by atoms with Crippen LogP contribution in [0.1, 0.15) is 23.2 Å². The lowest BCUT2D eigenvalue weighted by Crippen LogP contribution is -2.45. The first-order chi connectivity index (χ1) is 12.9. The molecule has 0 atom stereocenters. The predicted octanol–water partition coefficient (Wildman–Crippen LogP) is 1.69. The van der Waals surface area contributed by atoms with Crippen molar-refractivity contribution in [3.63, 3.8) is 0 Å². The minimum Gasteiger partial charge on any atom is -0.349 e. The van der Waals surface area contributed by atoms with Crippen molar-refractivity contribution in [1.29, 1.82) is 0 Å². The van der Waals surface area contributed by atoms with Gasteiger partial charge in [-0.05, 0) is 18.9 Å². The summed E-state index contributed by atoms with van der Waals surface area (Å²) in [7, 11) is 0. The van der Waals surface area contributed by atoms with Crippen molar-refractivity contribution in [2.45, 2.75) is 18.9 Å². The fourth-order valence-electron chi connectivity index (χ4n) is 2.88. The van der Waals surface area contributed by atoms with Gasteiger partial charge >= 0.3 is 0 Å². The number of nitro benzene ring substituents is 2. The molecule has 0 aliphatic carbocycles. The average molecular weight is 372 g/mol. The van der Waals surface area contributed by atoms with E-state index in [1.165, 1.54) is 0 Å². The largest absolute Gasteiger partial charge is 0.349 e. The number of nitrogens with one attached hydrogen (secondary N) is 1. The molecule has 1 saturated heterocycles. The predicted molar refractivity (Wildman–Crippen MR) is 94.5 cm³/mol. The Kier molecular flexibility index (Phi) is 5.20. The molecule has 0 bridgehead atoms. The van der Waals surface area contributed by atoms with E-state index in [-0.39, 0.29) is 11.6 Å². The highest BCUT2D eigenvalue weighted by Gasteiger charge is 2.25. The number of nitro groups is 2. The molecule has 1 N–H and O–H groups in total. The van der Waals surface area contributed by atoms with Crippen LogP contribution < -0.4 is 10.2 Å². The van der Waals surface area contributed by atoms with E-state index in [0.717, 1.165) is 18.2 Å². The van der Waals surface area contributed by atoms with Gasteiger partial charge in [0, 0.05) is 43.7 Å². The van der Waals surface area contributed by atoms with E-state index in [2.05, 4.69) is 15.3 Å². The number of anilines is 1. The number of amides is 1. The van der Waals surface area contributed by atoms with E-state index in [1.807, 2.05) is 4.90 Å². The van der Waals surface area contributed by atoms with Crippen LogP contribution in [-0.4, -0.2) is 44.9 Å². The normalized spacial score (nSPS) is 14.6. The molecule has 1 aliphatic rings. The first-order valence-electron chi connectivity index (χ1n) is 8.21. The van der Waals surface area contributed by atoms with Crippen LogP contribution in [0.15, 0.2) is 36.7 Å². The number of hydrogen-bond donors (Lipinski definition) is 1. The molecule has 1 fully saturated rings. The van der Waals surface area contributed by atoms with Crippen molar-refractivity contribution >= 4 is 23.2 Å². The maximum atomic E-state index is 12.4. The summed E-state index contributed by atoms with van der Waals surface area (Å²) in [5, 5.41) is 24.7. The van der Waals surface area contributed by atoms with Crippen molar-refractivity contribution < 1.29 is 14.6 Å². The quantitative estimate of drug-likeness (QED) is 0.616. The monoisotopic (exact) mass is 372 g/mol. The SMILES string of the molecule is O=C(NC1CCN(c2ncccn2)CC1)c1cc([N+](=O)[O-])cc([N+](=O)[O-])c1. The molecule has 3 rings (SSSR count). The van der Waals surface area contributed by atoms with Gasteiger partial charge in [-0.1, -0.05) is 0 Å². The Labute approximate surface area is 153 Å². The van der Waals surface area contributed by atoms with Gasteiger partial charge in [0.25, 0.3) is 17.3 Å². The summed E-state index contributed by atoms with van der Waals surface area (Å²) >= 11 is 0. The number of carbonyl (C=O) groups excluding carboxylic acids is 1. The van der Waals surface area contributed by atoms with E-state index in [1.54, 1.807) is 18.5 Å². The topological polar surface area (TPSA) is 144 Å². The molecule has 11 heteroatoms. The van der Waals surface area contributed by atoms with Gasteiger partial charge < -0.3 is 10.2 Å². The number of benzene rings is 1. The molecular weight excluding hydrogens is 356 g/mol. The standard InChI is InChI=1S/C16H16N6O5/c23-15(11-8-13(21(24)25)10-14(9-11)22(26)27)19-12-2-6-20(7-3-12)16-17-4-1-5-18-16/h1,4-5,8-10,12H,2-3,6-7H2,(H,19,23). The van der Waals surface area contributed by atoms with Crippen LogP contribution in [0.4, 0.5) is 17.3 Å². The second-order valence-corrected chi connectivity index (χ2v) is 6.04. The number of nitrogens with zero attached hydrogens (tertiary/aromatic N) is 5. The lowest BCUT2D eigenvalue weighted by atomic mass is 10.0. The van der Waals surface area contributed by atoms with Crippen molar-refractivity contribution in [3.05, 3.63) is 62.5 Å². The first kappa shape index (κ1) is 18.2. The molecule has 140 valence electrons. The Morgan fingerprint density at radius 2 is 1.59 bits per heavy atom. The number of non-ortho nitro benzene ring substituents is 2. The highest BCUT2D eigenvalue weighted by atomic mass is 16.6. The molecule has 0 unspecified atom stereocenters. The van der Waals surface area contributed by atoms with Crippen LogP contribution in [0.3, 0.4) is 0 Å². The zero-order valence-corrected chi connectivity index (χ0v) is 14.1. The van der Waals surface area contributed by atoms with Crippen LogP contribution in [0.5, 0.6) is 0 Å². The van der Waals surface area contributed by atoms with Gasteiger partial charge in [0.2, 0.25) is 5.95 Å². The number of aromatic nitrogens is 2. The Balaban J connectivity index is 1.66. The second kappa shape index (κ2) is 7.72. The molecule has 0 spiro atoms. The van der Waals surface area contributed by atoms with Gasteiger partial charge in [0.05, 0.1) is 21.5 Å². The van der Waals surface area contributed by atoms with Gasteiger partial charge in [0.1, 0.15) is 0 Å². The van der Waals surface area contributed by atoms with E-state index in [9.17, 15) is 25.0 Å². The highest BCUT2D eigenvalue weighted by Crippen LogP contribution is 2.23. The van der Waals surface area contributed by atoms with E-state index >= 15 is 0 Å². The van der Waals surface area contributed by atoms with Crippen molar-refractivity contribution in [2.24, 2.45) is 0 Å². The molecule has 1 amide bonds.